The van der Waals surface area contributed by atoms with Gasteiger partial charge in [0.15, 0.2) is 0 Å². The van der Waals surface area contributed by atoms with Crippen molar-refractivity contribution in [3.8, 4) is 6.07 Å². The Morgan fingerprint density at radius 2 is 2.10 bits per heavy atom. The summed E-state index contributed by atoms with van der Waals surface area (Å²) in [6.45, 7) is 5.34. The highest BCUT2D eigenvalue weighted by Gasteiger charge is 2.49. The summed E-state index contributed by atoms with van der Waals surface area (Å²) in [6, 6.07) is 6.22. The van der Waals surface area contributed by atoms with E-state index in [1.807, 2.05) is 19.9 Å². The molecule has 2 N–H and O–H groups in total. The van der Waals surface area contributed by atoms with E-state index in [-0.39, 0.29) is 10.9 Å². The molecule has 1 fully saturated rings. The van der Waals surface area contributed by atoms with Crippen LogP contribution in [-0.4, -0.2) is 25.7 Å². The van der Waals surface area contributed by atoms with Crippen molar-refractivity contribution < 1.29 is 13.5 Å². The Morgan fingerprint density at radius 3 is 2.60 bits per heavy atom. The van der Waals surface area contributed by atoms with Crippen LogP contribution in [0.3, 0.4) is 0 Å². The fourth-order valence-electron chi connectivity index (χ4n) is 2.31. The third-order valence-corrected chi connectivity index (χ3v) is 5.73. The summed E-state index contributed by atoms with van der Waals surface area (Å²) in [5.41, 5.74) is 0.423. The summed E-state index contributed by atoms with van der Waals surface area (Å²) < 4.78 is 27.5. The number of aliphatic hydroxyl groups excluding tert-OH is 1. The van der Waals surface area contributed by atoms with E-state index in [1.165, 1.54) is 6.07 Å². The molecular formula is C14H18N2O3S. The van der Waals surface area contributed by atoms with E-state index in [0.717, 1.165) is 0 Å². The molecule has 1 saturated carbocycles. The molecule has 0 aromatic heterocycles. The second kappa shape index (κ2) is 4.85. The minimum atomic E-state index is -3.69. The first-order valence-corrected chi connectivity index (χ1v) is 7.88. The fraction of sp³-hybridized carbons (Fsp3) is 0.500. The number of benzene rings is 1. The van der Waals surface area contributed by atoms with Crippen LogP contribution in [0, 0.1) is 23.7 Å². The highest BCUT2D eigenvalue weighted by molar-refractivity contribution is 7.89. The molecule has 0 amide bonds. The summed E-state index contributed by atoms with van der Waals surface area (Å²) in [4.78, 5) is 0.119. The highest BCUT2D eigenvalue weighted by Crippen LogP contribution is 2.41. The third kappa shape index (κ3) is 2.44. The lowest BCUT2D eigenvalue weighted by Crippen LogP contribution is -2.61. The maximum atomic E-state index is 12.4. The molecule has 108 valence electrons. The van der Waals surface area contributed by atoms with Crippen LogP contribution in [0.25, 0.3) is 0 Å². The minimum absolute atomic E-state index is 0.119. The molecule has 0 radical (unpaired) electrons. The first-order chi connectivity index (χ1) is 9.18. The number of nitrogens with zero attached hydrogens (tertiary/aromatic N) is 1. The molecule has 0 aliphatic heterocycles. The molecule has 2 rings (SSSR count). The first kappa shape index (κ1) is 15.0. The summed E-state index contributed by atoms with van der Waals surface area (Å²) in [7, 11) is -3.69. The number of hydrogen-bond acceptors (Lipinski definition) is 4. The lowest BCUT2D eigenvalue weighted by molar-refractivity contribution is -0.0645. The summed E-state index contributed by atoms with van der Waals surface area (Å²) in [6.07, 6.45) is -0.0924. The maximum absolute atomic E-state index is 12.4. The lowest BCUT2D eigenvalue weighted by atomic mass is 9.65. The molecule has 0 heterocycles. The number of nitriles is 1. The number of rotatable bonds is 3. The van der Waals surface area contributed by atoms with E-state index in [1.54, 1.807) is 19.1 Å². The van der Waals surface area contributed by atoms with Gasteiger partial charge in [-0.3, -0.25) is 0 Å². The van der Waals surface area contributed by atoms with Gasteiger partial charge in [-0.1, -0.05) is 19.9 Å². The van der Waals surface area contributed by atoms with E-state index in [2.05, 4.69) is 4.72 Å². The monoisotopic (exact) mass is 294 g/mol. The summed E-state index contributed by atoms with van der Waals surface area (Å²) >= 11 is 0. The van der Waals surface area contributed by atoms with Crippen LogP contribution in [0.2, 0.25) is 0 Å². The molecule has 6 heteroatoms. The second-order valence-corrected chi connectivity index (χ2v) is 7.52. The zero-order chi connectivity index (χ0) is 15.1. The molecule has 1 aliphatic carbocycles. The number of sulfonamides is 1. The van der Waals surface area contributed by atoms with Crippen molar-refractivity contribution in [3.05, 3.63) is 29.3 Å². The van der Waals surface area contributed by atoms with Crippen molar-refractivity contribution in [3.63, 3.8) is 0 Å². The molecule has 5 nitrogen and oxygen atoms in total. The summed E-state index contributed by atoms with van der Waals surface area (Å²) in [5.74, 6) is 0. The van der Waals surface area contributed by atoms with Gasteiger partial charge in [0.25, 0.3) is 0 Å². The molecule has 1 aromatic carbocycles. The average molecular weight is 294 g/mol. The van der Waals surface area contributed by atoms with E-state index in [4.69, 9.17) is 5.26 Å². The summed E-state index contributed by atoms with van der Waals surface area (Å²) in [5, 5.41) is 18.5. The minimum Gasteiger partial charge on any atom is -0.392 e. The highest BCUT2D eigenvalue weighted by atomic mass is 32.2. The van der Waals surface area contributed by atoms with E-state index in [0.29, 0.717) is 17.5 Å². The topological polar surface area (TPSA) is 90.2 Å². The van der Waals surface area contributed by atoms with Crippen LogP contribution in [0.15, 0.2) is 23.1 Å². The molecular weight excluding hydrogens is 276 g/mol. The van der Waals surface area contributed by atoms with Crippen molar-refractivity contribution >= 4 is 10.0 Å². The van der Waals surface area contributed by atoms with Crippen LogP contribution in [0.5, 0.6) is 0 Å². The molecule has 0 bridgehead atoms. The number of aliphatic hydroxyl groups is 1. The van der Waals surface area contributed by atoms with Crippen molar-refractivity contribution in [1.29, 1.82) is 5.26 Å². The number of aryl methyl sites for hydroxylation is 1. The van der Waals surface area contributed by atoms with Crippen LogP contribution in [0.4, 0.5) is 0 Å². The van der Waals surface area contributed by atoms with Crippen molar-refractivity contribution in [1.82, 2.24) is 4.72 Å². The Morgan fingerprint density at radius 1 is 1.45 bits per heavy atom. The predicted molar refractivity (Wildman–Crippen MR) is 74.4 cm³/mol. The molecule has 0 saturated heterocycles. The number of nitrogens with one attached hydrogen (secondary N) is 1. The van der Waals surface area contributed by atoms with Gasteiger partial charge in [0.1, 0.15) is 0 Å². The molecule has 1 aliphatic rings. The fourth-order valence-corrected chi connectivity index (χ4v) is 3.99. The van der Waals surface area contributed by atoms with Crippen LogP contribution >= 0.6 is 0 Å². The zero-order valence-electron chi connectivity index (χ0n) is 11.7. The Balaban J connectivity index is 2.31. The largest absolute Gasteiger partial charge is 0.392 e. The molecule has 2 atom stereocenters. The maximum Gasteiger partial charge on any atom is 0.241 e. The second-order valence-electron chi connectivity index (χ2n) is 5.84. The van der Waals surface area contributed by atoms with Gasteiger partial charge < -0.3 is 5.11 Å². The molecule has 0 spiro atoms. The van der Waals surface area contributed by atoms with Crippen molar-refractivity contribution in [2.24, 2.45) is 5.41 Å². The Labute approximate surface area is 119 Å². The van der Waals surface area contributed by atoms with E-state index >= 15 is 0 Å². The van der Waals surface area contributed by atoms with Crippen LogP contribution < -0.4 is 4.72 Å². The Hall–Kier alpha value is -1.42. The number of hydrogen-bond donors (Lipinski definition) is 2. The first-order valence-electron chi connectivity index (χ1n) is 6.39. The van der Waals surface area contributed by atoms with Gasteiger partial charge >= 0.3 is 0 Å². The van der Waals surface area contributed by atoms with Crippen LogP contribution in [0.1, 0.15) is 31.4 Å². The Kier molecular flexibility index (Phi) is 3.63. The van der Waals surface area contributed by atoms with Gasteiger partial charge in [-0.2, -0.15) is 5.26 Å². The SMILES string of the molecule is Cc1ccc(C#N)cc1S(=O)(=O)NC1CC(O)C1(C)C. The predicted octanol–water partition coefficient (Wildman–Crippen LogP) is 1.30. The van der Waals surface area contributed by atoms with Gasteiger partial charge in [-0.25, -0.2) is 13.1 Å². The van der Waals surface area contributed by atoms with Gasteiger partial charge in [0.2, 0.25) is 10.0 Å². The zero-order valence-corrected chi connectivity index (χ0v) is 12.5. The van der Waals surface area contributed by atoms with Crippen molar-refractivity contribution in [2.45, 2.75) is 44.2 Å². The van der Waals surface area contributed by atoms with E-state index in [9.17, 15) is 13.5 Å². The lowest BCUT2D eigenvalue weighted by Gasteiger charge is -2.49. The third-order valence-electron chi connectivity index (χ3n) is 4.12. The smallest absolute Gasteiger partial charge is 0.241 e. The van der Waals surface area contributed by atoms with Gasteiger partial charge in [0.05, 0.1) is 22.6 Å². The van der Waals surface area contributed by atoms with Gasteiger partial charge in [-0.05, 0) is 31.0 Å². The normalized spacial score (nSPS) is 24.8. The quantitative estimate of drug-likeness (QED) is 0.879. The Bertz CT molecular complexity index is 674. The van der Waals surface area contributed by atoms with Gasteiger partial charge in [-0.15, -0.1) is 0 Å². The standard InChI is InChI=1S/C14H18N2O3S/c1-9-4-5-10(8-15)6-11(9)20(18,19)16-12-7-13(17)14(12,2)3/h4-6,12-13,16-17H,7H2,1-3H3. The molecule has 2 unspecified atom stereocenters. The van der Waals surface area contributed by atoms with Crippen molar-refractivity contribution in [2.75, 3.05) is 0 Å². The van der Waals surface area contributed by atoms with Crippen LogP contribution in [-0.2, 0) is 10.0 Å². The molecule has 1 aromatic rings. The molecule has 20 heavy (non-hydrogen) atoms. The van der Waals surface area contributed by atoms with Gasteiger partial charge in [0, 0.05) is 11.5 Å². The average Bonchev–Trinajstić information content (AvgIpc) is 2.38. The van der Waals surface area contributed by atoms with E-state index < -0.39 is 21.5 Å².